The number of likely N-dealkylation sites (N-methyl/N-ethyl adjacent to an activating group) is 1. The standard InChI is InChI=1S/C16H27N3O/c1-13-4-5-15(20)14(10-13)11-16(2,12-17)19-8-6-18(3)7-9-19/h4-5,10,20H,6-9,11-12,17H2,1-3H3. The first kappa shape index (κ1) is 15.3. The van der Waals surface area contributed by atoms with Crippen LogP contribution in [0.2, 0.25) is 0 Å². The van der Waals surface area contributed by atoms with E-state index in [2.05, 4.69) is 36.8 Å². The molecule has 0 aliphatic carbocycles. The molecule has 4 nitrogen and oxygen atoms in total. The van der Waals surface area contributed by atoms with E-state index in [0.717, 1.165) is 38.2 Å². The molecule has 1 unspecified atom stereocenters. The zero-order valence-corrected chi connectivity index (χ0v) is 12.9. The Hall–Kier alpha value is -1.10. The zero-order chi connectivity index (χ0) is 14.8. The van der Waals surface area contributed by atoms with Crippen LogP contribution in [0.3, 0.4) is 0 Å². The van der Waals surface area contributed by atoms with E-state index >= 15 is 0 Å². The summed E-state index contributed by atoms with van der Waals surface area (Å²) in [7, 11) is 2.16. The van der Waals surface area contributed by atoms with Gasteiger partial charge in [0.1, 0.15) is 5.75 Å². The molecule has 0 spiro atoms. The summed E-state index contributed by atoms with van der Waals surface area (Å²) in [5.41, 5.74) is 8.15. The Labute approximate surface area is 122 Å². The Bertz CT molecular complexity index is 455. The average Bonchev–Trinajstić information content (AvgIpc) is 2.43. The highest BCUT2D eigenvalue weighted by Gasteiger charge is 2.33. The molecule has 20 heavy (non-hydrogen) atoms. The van der Waals surface area contributed by atoms with Gasteiger partial charge in [0.15, 0.2) is 0 Å². The van der Waals surface area contributed by atoms with Crippen molar-refractivity contribution in [1.29, 1.82) is 0 Å². The molecule has 4 heteroatoms. The van der Waals surface area contributed by atoms with Crippen molar-refractivity contribution in [2.45, 2.75) is 25.8 Å². The molecule has 1 aliphatic rings. The van der Waals surface area contributed by atoms with Crippen molar-refractivity contribution < 1.29 is 5.11 Å². The molecule has 1 aromatic carbocycles. The molecule has 1 aromatic rings. The number of aryl methyl sites for hydroxylation is 1. The maximum Gasteiger partial charge on any atom is 0.118 e. The van der Waals surface area contributed by atoms with Crippen LogP contribution < -0.4 is 5.73 Å². The van der Waals surface area contributed by atoms with E-state index in [0.29, 0.717) is 12.3 Å². The summed E-state index contributed by atoms with van der Waals surface area (Å²) in [5.74, 6) is 0.379. The minimum absolute atomic E-state index is 0.0907. The van der Waals surface area contributed by atoms with Gasteiger partial charge in [-0.3, -0.25) is 4.90 Å². The summed E-state index contributed by atoms with van der Waals surface area (Å²) in [6.45, 7) is 9.10. The van der Waals surface area contributed by atoms with E-state index in [1.165, 1.54) is 5.56 Å². The van der Waals surface area contributed by atoms with Crippen LogP contribution in [0.5, 0.6) is 5.75 Å². The lowest BCUT2D eigenvalue weighted by molar-refractivity contribution is 0.0556. The second kappa shape index (κ2) is 6.12. The highest BCUT2D eigenvalue weighted by atomic mass is 16.3. The number of aromatic hydroxyl groups is 1. The van der Waals surface area contributed by atoms with Crippen LogP contribution >= 0.6 is 0 Å². The number of hydrogen-bond donors (Lipinski definition) is 2. The lowest BCUT2D eigenvalue weighted by Crippen LogP contribution is -2.59. The number of nitrogens with two attached hydrogens (primary N) is 1. The van der Waals surface area contributed by atoms with Crippen LogP contribution in [0.25, 0.3) is 0 Å². The number of phenols is 1. The van der Waals surface area contributed by atoms with Crippen molar-refractivity contribution in [1.82, 2.24) is 9.80 Å². The van der Waals surface area contributed by atoms with Gasteiger partial charge in [-0.25, -0.2) is 0 Å². The minimum atomic E-state index is -0.0907. The van der Waals surface area contributed by atoms with Crippen molar-refractivity contribution in [2.75, 3.05) is 39.8 Å². The predicted octanol–water partition coefficient (Wildman–Crippen LogP) is 1.21. The van der Waals surface area contributed by atoms with Crippen LogP contribution in [0, 0.1) is 6.92 Å². The van der Waals surface area contributed by atoms with E-state index in [4.69, 9.17) is 5.73 Å². The molecule has 0 saturated carbocycles. The molecule has 0 radical (unpaired) electrons. The molecule has 1 heterocycles. The maximum atomic E-state index is 10.1. The Morgan fingerprint density at radius 2 is 1.90 bits per heavy atom. The Morgan fingerprint density at radius 1 is 1.25 bits per heavy atom. The molecule has 3 N–H and O–H groups in total. The van der Waals surface area contributed by atoms with Gasteiger partial charge in [-0.1, -0.05) is 17.7 Å². The van der Waals surface area contributed by atoms with Gasteiger partial charge >= 0.3 is 0 Å². The second-order valence-corrected chi connectivity index (χ2v) is 6.30. The average molecular weight is 277 g/mol. The van der Waals surface area contributed by atoms with E-state index in [-0.39, 0.29) is 5.54 Å². The molecule has 0 amide bonds. The Kier molecular flexibility index (Phi) is 4.68. The van der Waals surface area contributed by atoms with Gasteiger partial charge in [-0.15, -0.1) is 0 Å². The van der Waals surface area contributed by atoms with Gasteiger partial charge in [0.2, 0.25) is 0 Å². The normalized spacial score (nSPS) is 20.8. The van der Waals surface area contributed by atoms with Crippen molar-refractivity contribution in [3.05, 3.63) is 29.3 Å². The van der Waals surface area contributed by atoms with Crippen LogP contribution in [-0.2, 0) is 6.42 Å². The van der Waals surface area contributed by atoms with Gasteiger partial charge < -0.3 is 15.7 Å². The third kappa shape index (κ3) is 3.32. The van der Waals surface area contributed by atoms with Crippen molar-refractivity contribution >= 4 is 0 Å². The predicted molar refractivity (Wildman–Crippen MR) is 83.1 cm³/mol. The molecule has 1 aliphatic heterocycles. The van der Waals surface area contributed by atoms with Gasteiger partial charge in [0.25, 0.3) is 0 Å². The van der Waals surface area contributed by atoms with Crippen molar-refractivity contribution in [3.8, 4) is 5.75 Å². The van der Waals surface area contributed by atoms with E-state index < -0.39 is 0 Å². The number of nitrogens with zero attached hydrogens (tertiary/aromatic N) is 2. The summed E-state index contributed by atoms with van der Waals surface area (Å²) in [6.07, 6.45) is 0.792. The molecule has 0 bridgehead atoms. The minimum Gasteiger partial charge on any atom is -0.508 e. The highest BCUT2D eigenvalue weighted by Crippen LogP contribution is 2.27. The lowest BCUT2D eigenvalue weighted by atomic mass is 9.89. The lowest BCUT2D eigenvalue weighted by Gasteiger charge is -2.45. The smallest absolute Gasteiger partial charge is 0.118 e. The molecule has 1 atom stereocenters. The summed E-state index contributed by atoms with van der Waals surface area (Å²) >= 11 is 0. The SMILES string of the molecule is Cc1ccc(O)c(CC(C)(CN)N2CCN(C)CC2)c1. The topological polar surface area (TPSA) is 52.7 Å². The number of phenolic OH excluding ortho intramolecular Hbond substituents is 1. The van der Waals surface area contributed by atoms with Crippen LogP contribution in [0.15, 0.2) is 18.2 Å². The van der Waals surface area contributed by atoms with Gasteiger partial charge in [-0.05, 0) is 38.9 Å². The quantitative estimate of drug-likeness (QED) is 0.868. The van der Waals surface area contributed by atoms with Gasteiger partial charge in [0, 0.05) is 38.3 Å². The molecular weight excluding hydrogens is 250 g/mol. The monoisotopic (exact) mass is 277 g/mol. The van der Waals surface area contributed by atoms with Crippen molar-refractivity contribution in [2.24, 2.45) is 5.73 Å². The number of hydrogen-bond acceptors (Lipinski definition) is 4. The Morgan fingerprint density at radius 3 is 2.50 bits per heavy atom. The fraction of sp³-hybridized carbons (Fsp3) is 0.625. The molecular formula is C16H27N3O. The van der Waals surface area contributed by atoms with E-state index in [1.807, 2.05) is 6.07 Å². The fourth-order valence-corrected chi connectivity index (χ4v) is 2.93. The summed E-state index contributed by atoms with van der Waals surface area (Å²) < 4.78 is 0. The van der Waals surface area contributed by atoms with Crippen LogP contribution in [-0.4, -0.2) is 60.2 Å². The summed E-state index contributed by atoms with van der Waals surface area (Å²) in [6, 6.07) is 5.79. The first-order chi connectivity index (χ1) is 9.44. The fourth-order valence-electron chi connectivity index (χ4n) is 2.93. The molecule has 1 saturated heterocycles. The molecule has 0 aromatic heterocycles. The van der Waals surface area contributed by atoms with E-state index in [9.17, 15) is 5.11 Å². The van der Waals surface area contributed by atoms with Crippen molar-refractivity contribution in [3.63, 3.8) is 0 Å². The molecule has 1 fully saturated rings. The van der Waals surface area contributed by atoms with E-state index in [1.54, 1.807) is 6.07 Å². The maximum absolute atomic E-state index is 10.1. The molecule has 2 rings (SSSR count). The zero-order valence-electron chi connectivity index (χ0n) is 12.9. The van der Waals surface area contributed by atoms with Gasteiger partial charge in [0.05, 0.1) is 0 Å². The number of piperazine rings is 1. The van der Waals surface area contributed by atoms with Crippen LogP contribution in [0.1, 0.15) is 18.1 Å². The van der Waals surface area contributed by atoms with Gasteiger partial charge in [-0.2, -0.15) is 0 Å². The largest absolute Gasteiger partial charge is 0.508 e. The number of benzene rings is 1. The third-order valence-corrected chi connectivity index (χ3v) is 4.51. The summed E-state index contributed by atoms with van der Waals surface area (Å²) in [4.78, 5) is 4.81. The first-order valence-corrected chi connectivity index (χ1v) is 7.37. The molecule has 112 valence electrons. The summed E-state index contributed by atoms with van der Waals surface area (Å²) in [5, 5.41) is 10.1. The first-order valence-electron chi connectivity index (χ1n) is 7.37. The van der Waals surface area contributed by atoms with Crippen LogP contribution in [0.4, 0.5) is 0 Å². The number of rotatable bonds is 4. The third-order valence-electron chi connectivity index (χ3n) is 4.51. The Balaban J connectivity index is 2.16. The second-order valence-electron chi connectivity index (χ2n) is 6.30. The highest BCUT2D eigenvalue weighted by molar-refractivity contribution is 5.37.